The summed E-state index contributed by atoms with van der Waals surface area (Å²) in [5.41, 5.74) is 0.0291. The Morgan fingerprint density at radius 2 is 1.73 bits per heavy atom. The quantitative estimate of drug-likeness (QED) is 0.605. The summed E-state index contributed by atoms with van der Waals surface area (Å²) >= 11 is 0. The van der Waals surface area contributed by atoms with Gasteiger partial charge >= 0.3 is 0 Å². The van der Waals surface area contributed by atoms with Crippen molar-refractivity contribution >= 4 is 17.5 Å². The van der Waals surface area contributed by atoms with Crippen LogP contribution in [0.2, 0.25) is 0 Å². The molecule has 2 fully saturated rings. The minimum absolute atomic E-state index is 0.133. The maximum Gasteiger partial charge on any atom is 0.270 e. The lowest BCUT2D eigenvalue weighted by Crippen LogP contribution is -2.51. The lowest BCUT2D eigenvalue weighted by Gasteiger charge is -2.36. The molecule has 8 nitrogen and oxygen atoms in total. The van der Waals surface area contributed by atoms with Crippen LogP contribution in [0.1, 0.15) is 36.0 Å². The predicted octanol–water partition coefficient (Wildman–Crippen LogP) is 2.08. The topological polar surface area (TPSA) is 93.0 Å². The normalized spacial score (nSPS) is 18.0. The largest absolute Gasteiger partial charge is 0.496 e. The highest BCUT2D eigenvalue weighted by atomic mass is 16.6. The number of hydrogen-bond acceptors (Lipinski definition) is 5. The first kappa shape index (κ1) is 18.2. The van der Waals surface area contributed by atoms with Crippen LogP contribution in [-0.4, -0.2) is 59.8 Å². The summed E-state index contributed by atoms with van der Waals surface area (Å²) in [6.07, 6.45) is 4.15. The number of nitro benzene ring substituents is 1. The number of methoxy groups -OCH3 is 1. The van der Waals surface area contributed by atoms with Gasteiger partial charge in [0.2, 0.25) is 5.91 Å². The van der Waals surface area contributed by atoms with Gasteiger partial charge in [0.15, 0.2) is 0 Å². The molecule has 1 aliphatic heterocycles. The van der Waals surface area contributed by atoms with Gasteiger partial charge in [0.25, 0.3) is 11.6 Å². The summed E-state index contributed by atoms with van der Waals surface area (Å²) in [4.78, 5) is 39.2. The number of amides is 2. The number of carbonyl (C=O) groups is 2. The van der Waals surface area contributed by atoms with Gasteiger partial charge in [0, 0.05) is 44.2 Å². The molecule has 26 heavy (non-hydrogen) atoms. The molecule has 2 aliphatic rings. The lowest BCUT2D eigenvalue weighted by atomic mass is 10.1. The molecule has 2 amide bonds. The lowest BCUT2D eigenvalue weighted by molar-refractivity contribution is -0.384. The first-order chi connectivity index (χ1) is 12.5. The molecule has 1 saturated carbocycles. The van der Waals surface area contributed by atoms with Gasteiger partial charge in [0.1, 0.15) is 5.75 Å². The van der Waals surface area contributed by atoms with Gasteiger partial charge in [-0.2, -0.15) is 0 Å². The molecule has 0 aromatic heterocycles. The molecule has 0 radical (unpaired) electrons. The van der Waals surface area contributed by atoms with Crippen molar-refractivity contribution in [3.8, 4) is 5.75 Å². The van der Waals surface area contributed by atoms with E-state index >= 15 is 0 Å². The minimum atomic E-state index is -0.533. The number of rotatable bonds is 4. The highest BCUT2D eigenvalue weighted by Crippen LogP contribution is 2.28. The Balaban J connectivity index is 1.67. The third-order valence-corrected chi connectivity index (χ3v) is 5.21. The van der Waals surface area contributed by atoms with Crippen LogP contribution in [-0.2, 0) is 4.79 Å². The third-order valence-electron chi connectivity index (χ3n) is 5.21. The van der Waals surface area contributed by atoms with E-state index in [1.54, 1.807) is 4.90 Å². The molecule has 3 rings (SSSR count). The second kappa shape index (κ2) is 7.72. The van der Waals surface area contributed by atoms with Crippen molar-refractivity contribution < 1.29 is 19.2 Å². The number of non-ortho nitro benzene ring substituents is 1. The number of ether oxygens (including phenoxy) is 1. The maximum absolute atomic E-state index is 12.8. The van der Waals surface area contributed by atoms with Crippen molar-refractivity contribution in [2.45, 2.75) is 25.7 Å². The number of hydrogen-bond donors (Lipinski definition) is 0. The van der Waals surface area contributed by atoms with Crippen LogP contribution in [0.15, 0.2) is 18.2 Å². The van der Waals surface area contributed by atoms with Crippen LogP contribution < -0.4 is 4.74 Å². The number of carbonyl (C=O) groups excluding carboxylic acids is 2. The van der Waals surface area contributed by atoms with Crippen LogP contribution in [0, 0.1) is 16.0 Å². The van der Waals surface area contributed by atoms with Crippen LogP contribution in [0.5, 0.6) is 5.75 Å². The van der Waals surface area contributed by atoms with Crippen LogP contribution in [0.25, 0.3) is 0 Å². The second-order valence-corrected chi connectivity index (χ2v) is 6.74. The van der Waals surface area contributed by atoms with Crippen molar-refractivity contribution in [2.24, 2.45) is 5.92 Å². The third kappa shape index (κ3) is 3.63. The van der Waals surface area contributed by atoms with Crippen LogP contribution >= 0.6 is 0 Å². The molecule has 140 valence electrons. The molecular formula is C18H23N3O5. The Kier molecular flexibility index (Phi) is 5.39. The Morgan fingerprint density at radius 3 is 2.31 bits per heavy atom. The second-order valence-electron chi connectivity index (χ2n) is 6.74. The van der Waals surface area contributed by atoms with Gasteiger partial charge in [-0.05, 0) is 18.9 Å². The van der Waals surface area contributed by atoms with Gasteiger partial charge in [-0.15, -0.1) is 0 Å². The fourth-order valence-electron chi connectivity index (χ4n) is 3.71. The standard InChI is InChI=1S/C18H23N3O5/c1-26-16-7-6-14(21(24)25)12-15(16)18(23)20-10-8-19(9-11-20)17(22)13-4-2-3-5-13/h6-7,12-13H,2-5,8-11H2,1H3. The van der Waals surface area contributed by atoms with E-state index < -0.39 is 4.92 Å². The van der Waals surface area contributed by atoms with E-state index in [2.05, 4.69) is 0 Å². The molecule has 1 aromatic carbocycles. The first-order valence-electron chi connectivity index (χ1n) is 8.91. The molecule has 1 aromatic rings. The molecule has 0 unspecified atom stereocenters. The molecule has 0 atom stereocenters. The molecule has 8 heteroatoms. The zero-order chi connectivity index (χ0) is 18.7. The Morgan fingerprint density at radius 1 is 1.12 bits per heavy atom. The van der Waals surface area contributed by atoms with Crippen molar-refractivity contribution in [3.63, 3.8) is 0 Å². The van der Waals surface area contributed by atoms with Crippen molar-refractivity contribution in [2.75, 3.05) is 33.3 Å². The molecular weight excluding hydrogens is 338 g/mol. The summed E-state index contributed by atoms with van der Waals surface area (Å²) in [6, 6.07) is 4.00. The molecule has 1 saturated heterocycles. The van der Waals surface area contributed by atoms with Gasteiger partial charge < -0.3 is 14.5 Å². The Hall–Kier alpha value is -2.64. The fourth-order valence-corrected chi connectivity index (χ4v) is 3.71. The molecule has 1 aliphatic carbocycles. The summed E-state index contributed by atoms with van der Waals surface area (Å²) < 4.78 is 5.18. The van der Waals surface area contributed by atoms with Gasteiger partial charge in [0.05, 0.1) is 17.6 Å². The van der Waals surface area contributed by atoms with Crippen LogP contribution in [0.3, 0.4) is 0 Å². The number of nitrogens with zero attached hydrogens (tertiary/aromatic N) is 3. The van der Waals surface area contributed by atoms with E-state index in [0.717, 1.165) is 25.7 Å². The zero-order valence-corrected chi connectivity index (χ0v) is 14.8. The van der Waals surface area contributed by atoms with Gasteiger partial charge in [-0.3, -0.25) is 19.7 Å². The number of piperazine rings is 1. The zero-order valence-electron chi connectivity index (χ0n) is 14.8. The van der Waals surface area contributed by atoms with Gasteiger partial charge in [-0.25, -0.2) is 0 Å². The summed E-state index contributed by atoms with van der Waals surface area (Å²) in [6.45, 7) is 1.84. The Labute approximate surface area is 151 Å². The molecule has 0 bridgehead atoms. The average molecular weight is 361 g/mol. The van der Waals surface area contributed by atoms with E-state index in [1.807, 2.05) is 4.90 Å². The van der Waals surface area contributed by atoms with E-state index in [4.69, 9.17) is 4.74 Å². The summed E-state index contributed by atoms with van der Waals surface area (Å²) in [7, 11) is 1.43. The van der Waals surface area contributed by atoms with E-state index in [9.17, 15) is 19.7 Å². The fraction of sp³-hybridized carbons (Fsp3) is 0.556. The Bertz CT molecular complexity index is 707. The van der Waals surface area contributed by atoms with E-state index in [-0.39, 0.29) is 29.0 Å². The molecule has 0 spiro atoms. The number of nitro groups is 1. The minimum Gasteiger partial charge on any atom is -0.496 e. The summed E-state index contributed by atoms with van der Waals surface area (Å²) in [5.74, 6) is 0.334. The summed E-state index contributed by atoms with van der Waals surface area (Å²) in [5, 5.41) is 11.0. The monoisotopic (exact) mass is 361 g/mol. The smallest absolute Gasteiger partial charge is 0.270 e. The average Bonchev–Trinajstić information content (AvgIpc) is 3.21. The number of benzene rings is 1. The van der Waals surface area contributed by atoms with Crippen molar-refractivity contribution in [3.05, 3.63) is 33.9 Å². The highest BCUT2D eigenvalue weighted by Gasteiger charge is 2.31. The van der Waals surface area contributed by atoms with Gasteiger partial charge in [-0.1, -0.05) is 12.8 Å². The molecule has 0 N–H and O–H groups in total. The SMILES string of the molecule is COc1ccc([N+](=O)[O-])cc1C(=O)N1CCN(C(=O)C2CCCC2)CC1. The first-order valence-corrected chi connectivity index (χ1v) is 8.91. The van der Waals surface area contributed by atoms with E-state index in [0.29, 0.717) is 31.9 Å². The predicted molar refractivity (Wildman–Crippen MR) is 94.1 cm³/mol. The van der Waals surface area contributed by atoms with Crippen LogP contribution in [0.4, 0.5) is 5.69 Å². The van der Waals surface area contributed by atoms with E-state index in [1.165, 1.54) is 25.3 Å². The van der Waals surface area contributed by atoms with Crippen molar-refractivity contribution in [1.29, 1.82) is 0 Å². The highest BCUT2D eigenvalue weighted by molar-refractivity contribution is 5.97. The maximum atomic E-state index is 12.8. The van der Waals surface area contributed by atoms with Crippen molar-refractivity contribution in [1.82, 2.24) is 9.80 Å². The molecule has 1 heterocycles.